The highest BCUT2D eigenvalue weighted by Crippen LogP contribution is 2.29. The standard InChI is InChI=1S/C23H24N2O6/c1-4-29-19-9-7-18(8-10-19)25-23(27)17(14-24)12-16-6-11-20(21(13-16)30-5-2)31-15-22(26)28-3/h6-13H,4-5,15H2,1-3H3,(H,25,27)/b17-12-. The molecule has 0 aliphatic heterocycles. The predicted molar refractivity (Wildman–Crippen MR) is 115 cm³/mol. The first-order valence-electron chi connectivity index (χ1n) is 9.63. The largest absolute Gasteiger partial charge is 0.494 e. The number of esters is 1. The number of carbonyl (C=O) groups excluding carboxylic acids is 2. The Labute approximate surface area is 181 Å². The molecule has 0 aliphatic rings. The number of nitrogens with zero attached hydrogens (tertiary/aromatic N) is 1. The number of nitrogens with one attached hydrogen (secondary N) is 1. The van der Waals surface area contributed by atoms with Gasteiger partial charge in [0.15, 0.2) is 18.1 Å². The molecule has 8 heteroatoms. The minimum atomic E-state index is -0.546. The molecule has 0 aliphatic carbocycles. The molecule has 0 unspecified atom stereocenters. The molecular weight excluding hydrogens is 400 g/mol. The van der Waals surface area contributed by atoms with Crippen molar-refractivity contribution in [1.29, 1.82) is 5.26 Å². The van der Waals surface area contributed by atoms with Crippen LogP contribution < -0.4 is 19.5 Å². The zero-order valence-electron chi connectivity index (χ0n) is 17.6. The third kappa shape index (κ3) is 7.08. The predicted octanol–water partition coefficient (Wildman–Crippen LogP) is 3.58. The van der Waals surface area contributed by atoms with Crippen LogP contribution in [-0.2, 0) is 14.3 Å². The fourth-order valence-corrected chi connectivity index (χ4v) is 2.51. The maximum atomic E-state index is 12.5. The first-order chi connectivity index (χ1) is 15.0. The highest BCUT2D eigenvalue weighted by Gasteiger charge is 2.12. The summed E-state index contributed by atoms with van der Waals surface area (Å²) in [7, 11) is 1.27. The number of rotatable bonds is 10. The van der Waals surface area contributed by atoms with Crippen LogP contribution in [-0.4, -0.2) is 38.8 Å². The van der Waals surface area contributed by atoms with Crippen LogP contribution in [0.1, 0.15) is 19.4 Å². The lowest BCUT2D eigenvalue weighted by molar-refractivity contribution is -0.142. The lowest BCUT2D eigenvalue weighted by Gasteiger charge is -2.12. The molecule has 0 aromatic heterocycles. The molecule has 0 saturated carbocycles. The SMILES string of the molecule is CCOc1ccc(NC(=O)/C(C#N)=C\c2ccc(OCC(=O)OC)c(OCC)c2)cc1. The van der Waals surface area contributed by atoms with E-state index < -0.39 is 11.9 Å². The minimum Gasteiger partial charge on any atom is -0.494 e. The minimum absolute atomic E-state index is 0.0837. The average molecular weight is 424 g/mol. The summed E-state index contributed by atoms with van der Waals surface area (Å²) in [6.45, 7) is 4.33. The van der Waals surface area contributed by atoms with E-state index in [1.54, 1.807) is 49.4 Å². The van der Waals surface area contributed by atoms with Crippen molar-refractivity contribution in [2.24, 2.45) is 0 Å². The summed E-state index contributed by atoms with van der Waals surface area (Å²) < 4.78 is 20.9. The molecule has 2 rings (SSSR count). The number of ether oxygens (including phenoxy) is 4. The van der Waals surface area contributed by atoms with Crippen molar-refractivity contribution < 1.29 is 28.5 Å². The van der Waals surface area contributed by atoms with Crippen molar-refractivity contribution in [1.82, 2.24) is 0 Å². The summed E-state index contributed by atoms with van der Waals surface area (Å²) in [6, 6.07) is 13.6. The van der Waals surface area contributed by atoms with E-state index in [0.29, 0.717) is 41.7 Å². The van der Waals surface area contributed by atoms with Gasteiger partial charge >= 0.3 is 5.97 Å². The zero-order chi connectivity index (χ0) is 22.6. The number of carbonyl (C=O) groups is 2. The van der Waals surface area contributed by atoms with Gasteiger partial charge in [-0.1, -0.05) is 6.07 Å². The van der Waals surface area contributed by atoms with Gasteiger partial charge in [-0.3, -0.25) is 4.79 Å². The summed E-state index contributed by atoms with van der Waals surface area (Å²) in [5, 5.41) is 12.1. The van der Waals surface area contributed by atoms with Crippen LogP contribution in [0, 0.1) is 11.3 Å². The Hall–Kier alpha value is -3.99. The Kier molecular flexibility index (Phi) is 8.92. The molecule has 1 N–H and O–H groups in total. The fraction of sp³-hybridized carbons (Fsp3) is 0.261. The topological polar surface area (TPSA) is 107 Å². The van der Waals surface area contributed by atoms with Crippen LogP contribution in [0.2, 0.25) is 0 Å². The second kappa shape index (κ2) is 11.9. The van der Waals surface area contributed by atoms with Gasteiger partial charge in [0, 0.05) is 5.69 Å². The van der Waals surface area contributed by atoms with Crippen LogP contribution in [0.15, 0.2) is 48.0 Å². The molecule has 0 saturated heterocycles. The van der Waals surface area contributed by atoms with Crippen LogP contribution in [0.4, 0.5) is 5.69 Å². The van der Waals surface area contributed by atoms with Gasteiger partial charge in [-0.25, -0.2) is 4.79 Å². The van der Waals surface area contributed by atoms with Crippen LogP contribution in [0.3, 0.4) is 0 Å². The van der Waals surface area contributed by atoms with Crippen molar-refractivity contribution in [2.45, 2.75) is 13.8 Å². The summed E-state index contributed by atoms with van der Waals surface area (Å²) in [5.74, 6) is 0.348. The maximum Gasteiger partial charge on any atom is 0.343 e. The summed E-state index contributed by atoms with van der Waals surface area (Å²) in [4.78, 5) is 23.8. The van der Waals surface area contributed by atoms with E-state index in [-0.39, 0.29) is 12.2 Å². The number of amides is 1. The van der Waals surface area contributed by atoms with Crippen molar-refractivity contribution in [3.63, 3.8) is 0 Å². The number of benzene rings is 2. The normalized spacial score (nSPS) is 10.6. The van der Waals surface area contributed by atoms with Gasteiger partial charge in [-0.05, 0) is 61.9 Å². The molecule has 0 bridgehead atoms. The molecule has 0 spiro atoms. The third-order valence-corrected chi connectivity index (χ3v) is 3.94. The second-order valence-corrected chi connectivity index (χ2v) is 6.09. The van der Waals surface area contributed by atoms with E-state index >= 15 is 0 Å². The van der Waals surface area contributed by atoms with Gasteiger partial charge in [-0.2, -0.15) is 5.26 Å². The number of methoxy groups -OCH3 is 1. The van der Waals surface area contributed by atoms with Crippen molar-refractivity contribution in [3.8, 4) is 23.3 Å². The Morgan fingerprint density at radius 2 is 1.71 bits per heavy atom. The lowest BCUT2D eigenvalue weighted by atomic mass is 10.1. The Balaban J connectivity index is 2.17. The number of anilines is 1. The van der Waals surface area contributed by atoms with Gasteiger partial charge in [0.2, 0.25) is 0 Å². The van der Waals surface area contributed by atoms with Gasteiger partial charge < -0.3 is 24.3 Å². The van der Waals surface area contributed by atoms with Crippen molar-refractivity contribution >= 4 is 23.6 Å². The van der Waals surface area contributed by atoms with Gasteiger partial charge in [0.25, 0.3) is 5.91 Å². The second-order valence-electron chi connectivity index (χ2n) is 6.09. The smallest absolute Gasteiger partial charge is 0.343 e. The van der Waals surface area contributed by atoms with Crippen LogP contribution in [0.5, 0.6) is 17.2 Å². The lowest BCUT2D eigenvalue weighted by Crippen LogP contribution is -2.13. The molecule has 0 atom stereocenters. The van der Waals surface area contributed by atoms with E-state index in [9.17, 15) is 14.9 Å². The summed E-state index contributed by atoms with van der Waals surface area (Å²) in [5.41, 5.74) is 1.02. The molecule has 8 nitrogen and oxygen atoms in total. The van der Waals surface area contributed by atoms with Crippen molar-refractivity contribution in [2.75, 3.05) is 32.2 Å². The van der Waals surface area contributed by atoms with Gasteiger partial charge in [0.05, 0.1) is 20.3 Å². The quantitative estimate of drug-likeness (QED) is 0.353. The molecule has 2 aromatic carbocycles. The van der Waals surface area contributed by atoms with E-state index in [1.807, 2.05) is 13.0 Å². The Morgan fingerprint density at radius 3 is 2.32 bits per heavy atom. The number of hydrogen-bond donors (Lipinski definition) is 1. The highest BCUT2D eigenvalue weighted by atomic mass is 16.6. The van der Waals surface area contributed by atoms with E-state index in [0.717, 1.165) is 0 Å². The van der Waals surface area contributed by atoms with E-state index in [2.05, 4.69) is 10.1 Å². The van der Waals surface area contributed by atoms with Crippen LogP contribution in [0.25, 0.3) is 6.08 Å². The Morgan fingerprint density at radius 1 is 1.00 bits per heavy atom. The molecular formula is C23H24N2O6. The first kappa shape index (κ1) is 23.3. The third-order valence-electron chi connectivity index (χ3n) is 3.94. The van der Waals surface area contributed by atoms with Crippen molar-refractivity contribution in [3.05, 3.63) is 53.6 Å². The molecule has 0 fully saturated rings. The number of nitriles is 1. The molecule has 0 radical (unpaired) electrons. The maximum absolute atomic E-state index is 12.5. The number of hydrogen-bond acceptors (Lipinski definition) is 7. The van der Waals surface area contributed by atoms with Crippen LogP contribution >= 0.6 is 0 Å². The van der Waals surface area contributed by atoms with E-state index in [4.69, 9.17) is 14.2 Å². The van der Waals surface area contributed by atoms with E-state index in [1.165, 1.54) is 13.2 Å². The average Bonchev–Trinajstić information content (AvgIpc) is 2.78. The molecule has 1 amide bonds. The molecule has 31 heavy (non-hydrogen) atoms. The Bertz CT molecular complexity index is 977. The highest BCUT2D eigenvalue weighted by molar-refractivity contribution is 6.09. The summed E-state index contributed by atoms with van der Waals surface area (Å²) >= 11 is 0. The summed E-state index contributed by atoms with van der Waals surface area (Å²) in [6.07, 6.45) is 1.44. The monoisotopic (exact) mass is 424 g/mol. The molecule has 2 aromatic rings. The van der Waals surface area contributed by atoms with Gasteiger partial charge in [0.1, 0.15) is 17.4 Å². The fourth-order valence-electron chi connectivity index (χ4n) is 2.51. The van der Waals surface area contributed by atoms with Gasteiger partial charge in [-0.15, -0.1) is 0 Å². The zero-order valence-corrected chi connectivity index (χ0v) is 17.6. The first-order valence-corrected chi connectivity index (χ1v) is 9.63. The molecule has 0 heterocycles. The molecule has 162 valence electrons.